The number of nitrogens with two attached hydrogens (primary N) is 1. The van der Waals surface area contributed by atoms with E-state index in [1.165, 1.54) is 11.3 Å². The van der Waals surface area contributed by atoms with E-state index in [4.69, 9.17) is 5.73 Å². The number of amides is 2. The van der Waals surface area contributed by atoms with Crippen LogP contribution in [0.25, 0.3) is 10.9 Å². The van der Waals surface area contributed by atoms with Crippen LogP contribution in [-0.4, -0.2) is 21.9 Å². The summed E-state index contributed by atoms with van der Waals surface area (Å²) in [5.74, 6) is -0.668. The molecule has 0 saturated heterocycles. The summed E-state index contributed by atoms with van der Waals surface area (Å²) in [5, 5.41) is 15.3. The molecule has 3 aromatic rings. The minimum atomic E-state index is -0.559. The summed E-state index contributed by atoms with van der Waals surface area (Å²) in [4.78, 5) is 26.8. The third-order valence-electron chi connectivity index (χ3n) is 3.58. The molecule has 0 aliphatic carbocycles. The highest BCUT2D eigenvalue weighted by molar-refractivity contribution is 7.15. The number of primary amides is 1. The summed E-state index contributed by atoms with van der Waals surface area (Å²) in [6.45, 7) is 1.77. The quantitative estimate of drug-likeness (QED) is 0.590. The Balaban J connectivity index is 1.82. The number of fused-ring (bicyclic) bond motifs is 1. The van der Waals surface area contributed by atoms with Gasteiger partial charge >= 0.3 is 0 Å². The van der Waals surface area contributed by atoms with Crippen molar-refractivity contribution >= 4 is 39.1 Å². The summed E-state index contributed by atoms with van der Waals surface area (Å²) >= 11 is 1.27. The molecule has 23 heavy (non-hydrogen) atoms. The highest BCUT2D eigenvalue weighted by Gasteiger charge is 2.17. The number of hydrogen-bond acceptors (Lipinski definition) is 4. The third-order valence-corrected chi connectivity index (χ3v) is 4.59. The maximum Gasteiger partial charge on any atom is 0.251 e. The van der Waals surface area contributed by atoms with E-state index < -0.39 is 5.91 Å². The lowest BCUT2D eigenvalue weighted by atomic mass is 10.1. The van der Waals surface area contributed by atoms with E-state index in [2.05, 4.69) is 10.3 Å². The number of carbonyl (C=O) groups excluding carboxylic acids is 2. The van der Waals surface area contributed by atoms with Gasteiger partial charge < -0.3 is 21.1 Å². The molecule has 0 atom stereocenters. The number of anilines is 1. The Morgan fingerprint density at radius 3 is 2.91 bits per heavy atom. The van der Waals surface area contributed by atoms with E-state index in [-0.39, 0.29) is 18.1 Å². The second kappa shape index (κ2) is 5.77. The number of aromatic nitrogens is 1. The molecule has 1 aromatic carbocycles. The summed E-state index contributed by atoms with van der Waals surface area (Å²) in [5.41, 5.74) is 8.05. The molecule has 3 rings (SSSR count). The lowest BCUT2D eigenvalue weighted by molar-refractivity contribution is -0.115. The Morgan fingerprint density at radius 1 is 1.39 bits per heavy atom. The lowest BCUT2D eigenvalue weighted by Crippen LogP contribution is -2.18. The SMILES string of the molecule is Cc1csc(NC(=O)Cc2c[nH]c3ccc(O)cc23)c1C(N)=O. The number of H-pyrrole nitrogens is 1. The lowest BCUT2D eigenvalue weighted by Gasteiger charge is -2.05. The van der Waals surface area contributed by atoms with E-state index in [9.17, 15) is 14.7 Å². The molecular weight excluding hydrogens is 314 g/mol. The number of nitrogens with one attached hydrogen (secondary N) is 2. The van der Waals surface area contributed by atoms with E-state index >= 15 is 0 Å². The molecule has 6 nitrogen and oxygen atoms in total. The number of aromatic amines is 1. The van der Waals surface area contributed by atoms with Crippen LogP contribution in [0.2, 0.25) is 0 Å². The van der Waals surface area contributed by atoms with E-state index in [0.29, 0.717) is 10.6 Å². The van der Waals surface area contributed by atoms with Crippen molar-refractivity contribution < 1.29 is 14.7 Å². The van der Waals surface area contributed by atoms with Crippen molar-refractivity contribution in [3.8, 4) is 5.75 Å². The van der Waals surface area contributed by atoms with Gasteiger partial charge in [0.05, 0.1) is 12.0 Å². The van der Waals surface area contributed by atoms with Crippen molar-refractivity contribution in [1.82, 2.24) is 4.98 Å². The average Bonchev–Trinajstić information content (AvgIpc) is 3.03. The van der Waals surface area contributed by atoms with E-state index in [0.717, 1.165) is 22.0 Å². The predicted octanol–water partition coefficient (Wildman–Crippen LogP) is 2.52. The fourth-order valence-corrected chi connectivity index (χ4v) is 3.46. The summed E-state index contributed by atoms with van der Waals surface area (Å²) in [6.07, 6.45) is 1.86. The highest BCUT2D eigenvalue weighted by Crippen LogP contribution is 2.28. The van der Waals surface area contributed by atoms with Gasteiger partial charge in [0.15, 0.2) is 0 Å². The number of rotatable bonds is 4. The van der Waals surface area contributed by atoms with Crippen molar-refractivity contribution in [2.75, 3.05) is 5.32 Å². The largest absolute Gasteiger partial charge is 0.508 e. The van der Waals surface area contributed by atoms with Crippen molar-refractivity contribution in [2.24, 2.45) is 5.73 Å². The molecule has 2 aromatic heterocycles. The van der Waals surface area contributed by atoms with Crippen molar-refractivity contribution in [3.05, 3.63) is 46.5 Å². The van der Waals surface area contributed by atoms with Crippen LogP contribution in [-0.2, 0) is 11.2 Å². The van der Waals surface area contributed by atoms with Gasteiger partial charge in [-0.2, -0.15) is 0 Å². The summed E-state index contributed by atoms with van der Waals surface area (Å²) < 4.78 is 0. The molecule has 0 aliphatic rings. The van der Waals surface area contributed by atoms with Crippen LogP contribution in [0, 0.1) is 6.92 Å². The number of hydrogen-bond donors (Lipinski definition) is 4. The van der Waals surface area contributed by atoms with Crippen LogP contribution in [0.15, 0.2) is 29.8 Å². The minimum Gasteiger partial charge on any atom is -0.508 e. The zero-order valence-corrected chi connectivity index (χ0v) is 13.2. The highest BCUT2D eigenvalue weighted by atomic mass is 32.1. The first-order chi connectivity index (χ1) is 11.0. The average molecular weight is 329 g/mol. The molecular formula is C16H15N3O3S. The maximum absolute atomic E-state index is 12.3. The van der Waals surface area contributed by atoms with Crippen LogP contribution < -0.4 is 11.1 Å². The van der Waals surface area contributed by atoms with Crippen molar-refractivity contribution in [2.45, 2.75) is 13.3 Å². The topological polar surface area (TPSA) is 108 Å². The van der Waals surface area contributed by atoms with Gasteiger partial charge in [0.1, 0.15) is 10.8 Å². The number of carbonyl (C=O) groups is 2. The van der Waals surface area contributed by atoms with Gasteiger partial charge in [0.25, 0.3) is 5.91 Å². The molecule has 7 heteroatoms. The van der Waals surface area contributed by atoms with E-state index in [1.54, 1.807) is 36.7 Å². The van der Waals surface area contributed by atoms with Gasteiger partial charge in [0.2, 0.25) is 5.91 Å². The molecule has 0 bridgehead atoms. The van der Waals surface area contributed by atoms with Crippen LogP contribution in [0.5, 0.6) is 5.75 Å². The van der Waals surface area contributed by atoms with Gasteiger partial charge in [0, 0.05) is 17.1 Å². The van der Waals surface area contributed by atoms with Gasteiger partial charge in [-0.15, -0.1) is 11.3 Å². The molecule has 0 unspecified atom stereocenters. The summed E-state index contributed by atoms with van der Waals surface area (Å²) in [7, 11) is 0. The monoisotopic (exact) mass is 329 g/mol. The number of phenolic OH excluding ortho intramolecular Hbond substituents is 1. The van der Waals surface area contributed by atoms with Crippen LogP contribution in [0.3, 0.4) is 0 Å². The first-order valence-corrected chi connectivity index (χ1v) is 7.80. The Kier molecular flexibility index (Phi) is 3.79. The number of benzene rings is 1. The molecule has 0 aliphatic heterocycles. The number of aromatic hydroxyl groups is 1. The Hall–Kier alpha value is -2.80. The molecule has 0 saturated carbocycles. The Bertz CT molecular complexity index is 911. The molecule has 0 spiro atoms. The number of aryl methyl sites for hydroxylation is 1. The molecule has 5 N–H and O–H groups in total. The van der Waals surface area contributed by atoms with Crippen molar-refractivity contribution in [1.29, 1.82) is 0 Å². The first kappa shape index (κ1) is 15.1. The standard InChI is InChI=1S/C16H15N3O3S/c1-8-7-23-16(14(8)15(17)22)19-13(21)4-9-6-18-12-3-2-10(20)5-11(9)12/h2-3,5-7,18,20H,4H2,1H3,(H2,17,22)(H,19,21). The van der Waals surface area contributed by atoms with Gasteiger partial charge in [-0.3, -0.25) is 9.59 Å². The van der Waals surface area contributed by atoms with Gasteiger partial charge in [-0.25, -0.2) is 0 Å². The van der Waals surface area contributed by atoms with Crippen LogP contribution >= 0.6 is 11.3 Å². The fraction of sp³-hybridized carbons (Fsp3) is 0.125. The Labute approximate surface area is 135 Å². The van der Waals surface area contributed by atoms with Crippen LogP contribution in [0.4, 0.5) is 5.00 Å². The smallest absolute Gasteiger partial charge is 0.251 e. The first-order valence-electron chi connectivity index (χ1n) is 6.92. The van der Waals surface area contributed by atoms with Gasteiger partial charge in [-0.05, 0) is 41.6 Å². The molecule has 118 valence electrons. The molecule has 0 radical (unpaired) electrons. The number of phenols is 1. The van der Waals surface area contributed by atoms with E-state index in [1.807, 2.05) is 0 Å². The second-order valence-electron chi connectivity index (χ2n) is 5.26. The second-order valence-corrected chi connectivity index (χ2v) is 6.14. The normalized spacial score (nSPS) is 10.8. The predicted molar refractivity (Wildman–Crippen MR) is 89.9 cm³/mol. The van der Waals surface area contributed by atoms with Crippen molar-refractivity contribution in [3.63, 3.8) is 0 Å². The number of thiophene rings is 1. The molecule has 2 heterocycles. The zero-order chi connectivity index (χ0) is 16.6. The maximum atomic E-state index is 12.3. The summed E-state index contributed by atoms with van der Waals surface area (Å²) in [6, 6.07) is 4.94. The molecule has 2 amide bonds. The minimum absolute atomic E-state index is 0.124. The third kappa shape index (κ3) is 2.91. The molecule has 0 fully saturated rings. The Morgan fingerprint density at radius 2 is 2.17 bits per heavy atom. The van der Waals surface area contributed by atoms with Gasteiger partial charge in [-0.1, -0.05) is 0 Å². The fourth-order valence-electron chi connectivity index (χ4n) is 2.50. The zero-order valence-electron chi connectivity index (χ0n) is 12.3. The van der Waals surface area contributed by atoms with Crippen LogP contribution in [0.1, 0.15) is 21.5 Å².